The van der Waals surface area contributed by atoms with E-state index in [1.807, 2.05) is 0 Å². The SMILES string of the molecule is O=C(O)C1(CCCCl)Sc2cc(Cl)ccc2OCC1O. The van der Waals surface area contributed by atoms with Crippen LogP contribution in [0.5, 0.6) is 5.75 Å². The number of carboxylic acids is 1. The van der Waals surface area contributed by atoms with E-state index >= 15 is 0 Å². The molecule has 110 valence electrons. The van der Waals surface area contributed by atoms with E-state index < -0.39 is 16.8 Å². The molecular weight excluding hydrogens is 323 g/mol. The minimum absolute atomic E-state index is 0.0732. The molecule has 1 heterocycles. The molecule has 0 saturated heterocycles. The highest BCUT2D eigenvalue weighted by molar-refractivity contribution is 8.01. The number of hydrogen-bond acceptors (Lipinski definition) is 4. The van der Waals surface area contributed by atoms with Gasteiger partial charge in [-0.05, 0) is 31.0 Å². The average Bonchev–Trinajstić information content (AvgIpc) is 2.54. The van der Waals surface area contributed by atoms with Gasteiger partial charge in [0, 0.05) is 10.9 Å². The van der Waals surface area contributed by atoms with Crippen molar-refractivity contribution >= 4 is 40.9 Å². The van der Waals surface area contributed by atoms with Gasteiger partial charge in [-0.3, -0.25) is 4.79 Å². The topological polar surface area (TPSA) is 66.8 Å². The molecule has 0 bridgehead atoms. The number of hydrogen-bond donors (Lipinski definition) is 2. The number of aliphatic hydroxyl groups is 1. The lowest BCUT2D eigenvalue weighted by atomic mass is 9.96. The molecule has 2 N–H and O–H groups in total. The van der Waals surface area contributed by atoms with Gasteiger partial charge in [-0.2, -0.15) is 0 Å². The van der Waals surface area contributed by atoms with Crippen molar-refractivity contribution in [1.29, 1.82) is 0 Å². The van der Waals surface area contributed by atoms with Crippen LogP contribution < -0.4 is 4.74 Å². The quantitative estimate of drug-likeness (QED) is 0.827. The van der Waals surface area contributed by atoms with Crippen LogP contribution in [0.1, 0.15) is 12.8 Å². The summed E-state index contributed by atoms with van der Waals surface area (Å²) < 4.78 is 4.11. The molecule has 1 aliphatic heterocycles. The highest BCUT2D eigenvalue weighted by Crippen LogP contribution is 2.46. The summed E-state index contributed by atoms with van der Waals surface area (Å²) in [7, 11) is 0. The number of fused-ring (bicyclic) bond motifs is 1. The Hall–Kier alpha value is -0.620. The second-order valence-corrected chi connectivity index (χ2v) is 6.69. The molecule has 2 unspecified atom stereocenters. The van der Waals surface area contributed by atoms with Crippen LogP contribution in [0.15, 0.2) is 23.1 Å². The van der Waals surface area contributed by atoms with E-state index in [1.54, 1.807) is 18.2 Å². The minimum atomic E-state index is -1.37. The van der Waals surface area contributed by atoms with Gasteiger partial charge in [0.2, 0.25) is 0 Å². The van der Waals surface area contributed by atoms with E-state index in [2.05, 4.69) is 0 Å². The number of carbonyl (C=O) groups is 1. The van der Waals surface area contributed by atoms with Gasteiger partial charge in [0.15, 0.2) is 0 Å². The fraction of sp³-hybridized carbons (Fsp3) is 0.462. The van der Waals surface area contributed by atoms with Gasteiger partial charge in [-0.1, -0.05) is 11.6 Å². The predicted octanol–water partition coefficient (Wildman–Crippen LogP) is 3.03. The average molecular weight is 337 g/mol. The Labute approximate surface area is 131 Å². The van der Waals surface area contributed by atoms with Crippen molar-refractivity contribution in [3.8, 4) is 5.75 Å². The summed E-state index contributed by atoms with van der Waals surface area (Å²) in [5, 5.41) is 20.3. The molecule has 0 amide bonds. The molecule has 1 aliphatic rings. The maximum atomic E-state index is 11.7. The van der Waals surface area contributed by atoms with Gasteiger partial charge in [0.25, 0.3) is 0 Å². The Morgan fingerprint density at radius 1 is 1.55 bits per heavy atom. The van der Waals surface area contributed by atoms with Crippen molar-refractivity contribution in [3.05, 3.63) is 23.2 Å². The first-order valence-corrected chi connectivity index (χ1v) is 7.81. The summed E-state index contributed by atoms with van der Waals surface area (Å²) in [4.78, 5) is 12.3. The predicted molar refractivity (Wildman–Crippen MR) is 79.1 cm³/mol. The summed E-state index contributed by atoms with van der Waals surface area (Å²) in [6.07, 6.45) is -0.375. The maximum absolute atomic E-state index is 11.7. The minimum Gasteiger partial charge on any atom is -0.490 e. The van der Waals surface area contributed by atoms with E-state index in [4.69, 9.17) is 27.9 Å². The molecule has 0 fully saturated rings. The van der Waals surface area contributed by atoms with E-state index in [9.17, 15) is 15.0 Å². The number of carboxylic acid groups (broad SMARTS) is 1. The molecular formula is C13H14Cl2O4S. The summed E-state index contributed by atoms with van der Waals surface area (Å²) >= 11 is 12.7. The van der Waals surface area contributed by atoms with Crippen LogP contribution in [0, 0.1) is 0 Å². The number of aliphatic carboxylic acids is 1. The first-order valence-electron chi connectivity index (χ1n) is 6.08. The Bertz CT molecular complexity index is 511. The molecule has 0 aromatic heterocycles. The number of halogens is 2. The zero-order chi connectivity index (χ0) is 14.8. The zero-order valence-electron chi connectivity index (χ0n) is 10.5. The van der Waals surface area contributed by atoms with Gasteiger partial charge in [0.05, 0.1) is 4.90 Å². The van der Waals surface area contributed by atoms with Crippen LogP contribution in [0.3, 0.4) is 0 Å². The van der Waals surface area contributed by atoms with E-state index in [0.29, 0.717) is 28.0 Å². The second kappa shape index (κ2) is 6.43. The Balaban J connectivity index is 2.42. The van der Waals surface area contributed by atoms with Crippen molar-refractivity contribution in [2.75, 3.05) is 12.5 Å². The third kappa shape index (κ3) is 3.01. The number of rotatable bonds is 4. The third-order valence-electron chi connectivity index (χ3n) is 3.18. The molecule has 20 heavy (non-hydrogen) atoms. The van der Waals surface area contributed by atoms with Crippen LogP contribution in [0.4, 0.5) is 0 Å². The lowest BCUT2D eigenvalue weighted by molar-refractivity contribution is -0.144. The number of aliphatic hydroxyl groups excluding tert-OH is 1. The third-order valence-corrected chi connectivity index (χ3v) is 5.23. The van der Waals surface area contributed by atoms with E-state index in [1.165, 1.54) is 0 Å². The van der Waals surface area contributed by atoms with Gasteiger partial charge in [0.1, 0.15) is 23.2 Å². The van der Waals surface area contributed by atoms with E-state index in [0.717, 1.165) is 11.8 Å². The van der Waals surface area contributed by atoms with Crippen molar-refractivity contribution in [1.82, 2.24) is 0 Å². The Kier molecular flexibility index (Phi) is 5.07. The van der Waals surface area contributed by atoms with Crippen molar-refractivity contribution in [2.24, 2.45) is 0 Å². The zero-order valence-corrected chi connectivity index (χ0v) is 12.8. The lowest BCUT2D eigenvalue weighted by Gasteiger charge is -2.30. The Morgan fingerprint density at radius 3 is 2.95 bits per heavy atom. The summed E-state index contributed by atoms with van der Waals surface area (Å²) in [6.45, 7) is -0.0732. The second-order valence-electron chi connectivity index (χ2n) is 4.51. The standard InChI is InChI=1S/C13H14Cl2O4S/c14-5-1-4-13(12(17)18)11(16)7-19-9-3-2-8(15)6-10(9)20-13/h2-3,6,11,16H,1,4-5,7H2,(H,17,18). The Morgan fingerprint density at radius 2 is 2.30 bits per heavy atom. The summed E-state index contributed by atoms with van der Waals surface area (Å²) in [5.41, 5.74) is 0. The summed E-state index contributed by atoms with van der Waals surface area (Å²) in [6, 6.07) is 4.99. The smallest absolute Gasteiger partial charge is 0.322 e. The summed E-state index contributed by atoms with van der Waals surface area (Å²) in [5.74, 6) is -0.199. The molecule has 0 radical (unpaired) electrons. The van der Waals surface area contributed by atoms with Gasteiger partial charge in [-0.15, -0.1) is 23.4 Å². The number of thioether (sulfide) groups is 1. The fourth-order valence-corrected chi connectivity index (χ4v) is 3.80. The van der Waals surface area contributed by atoms with Gasteiger partial charge >= 0.3 is 5.97 Å². The number of benzene rings is 1. The van der Waals surface area contributed by atoms with Gasteiger partial charge in [-0.25, -0.2) is 0 Å². The molecule has 0 spiro atoms. The highest BCUT2D eigenvalue weighted by atomic mass is 35.5. The van der Waals surface area contributed by atoms with Crippen LogP contribution >= 0.6 is 35.0 Å². The molecule has 2 atom stereocenters. The number of alkyl halides is 1. The molecule has 0 aliphatic carbocycles. The molecule has 7 heteroatoms. The van der Waals surface area contributed by atoms with Crippen LogP contribution in [-0.4, -0.2) is 39.5 Å². The van der Waals surface area contributed by atoms with Crippen LogP contribution in [0.2, 0.25) is 5.02 Å². The monoisotopic (exact) mass is 336 g/mol. The van der Waals surface area contributed by atoms with Gasteiger partial charge < -0.3 is 14.9 Å². The van der Waals surface area contributed by atoms with Crippen LogP contribution in [0.25, 0.3) is 0 Å². The van der Waals surface area contributed by atoms with E-state index in [-0.39, 0.29) is 13.0 Å². The highest BCUT2D eigenvalue weighted by Gasteiger charge is 2.48. The maximum Gasteiger partial charge on any atom is 0.322 e. The van der Waals surface area contributed by atoms with Crippen molar-refractivity contribution < 1.29 is 19.7 Å². The lowest BCUT2D eigenvalue weighted by Crippen LogP contribution is -2.48. The fourth-order valence-electron chi connectivity index (χ4n) is 2.09. The first kappa shape index (κ1) is 15.8. The molecule has 1 aromatic carbocycles. The normalized spacial score (nSPS) is 25.4. The largest absolute Gasteiger partial charge is 0.490 e. The molecule has 2 rings (SSSR count). The molecule has 0 saturated carbocycles. The van der Waals surface area contributed by atoms with Crippen molar-refractivity contribution in [2.45, 2.75) is 28.6 Å². The number of ether oxygens (including phenoxy) is 1. The molecule has 1 aromatic rings. The van der Waals surface area contributed by atoms with Crippen LogP contribution in [-0.2, 0) is 4.79 Å². The first-order chi connectivity index (χ1) is 9.49. The molecule has 4 nitrogen and oxygen atoms in total. The van der Waals surface area contributed by atoms with Crippen molar-refractivity contribution in [3.63, 3.8) is 0 Å².